The van der Waals surface area contributed by atoms with E-state index in [0.29, 0.717) is 29.5 Å². The van der Waals surface area contributed by atoms with Gasteiger partial charge in [0.25, 0.3) is 0 Å². The van der Waals surface area contributed by atoms with Crippen LogP contribution in [-0.2, 0) is 4.79 Å². The summed E-state index contributed by atoms with van der Waals surface area (Å²) in [5, 5.41) is 7.50. The van der Waals surface area contributed by atoms with Gasteiger partial charge in [0.2, 0.25) is 5.91 Å². The average Bonchev–Trinajstić information content (AvgIpc) is 3.23. The minimum atomic E-state index is -0.166. The quantitative estimate of drug-likeness (QED) is 0.578. The molecule has 1 aromatic heterocycles. The van der Waals surface area contributed by atoms with Crippen LogP contribution in [0.2, 0.25) is 5.02 Å². The zero-order chi connectivity index (χ0) is 20.6. The zero-order valence-corrected chi connectivity index (χ0v) is 17.0. The van der Waals surface area contributed by atoms with Crippen LogP contribution in [0, 0.1) is 0 Å². The number of likely N-dealkylation sites (N-methyl/N-ethyl adjacent to an activating group) is 1. The van der Waals surface area contributed by atoms with Crippen LogP contribution in [0.3, 0.4) is 0 Å². The molecule has 0 fully saturated rings. The molecule has 0 aliphatic rings. The van der Waals surface area contributed by atoms with E-state index in [1.807, 2.05) is 36.2 Å². The van der Waals surface area contributed by atoms with Crippen molar-refractivity contribution in [1.82, 2.24) is 19.7 Å². The highest BCUT2D eigenvalue weighted by Crippen LogP contribution is 2.24. The monoisotopic (exact) mass is 415 g/mol. The second-order valence-electron chi connectivity index (χ2n) is 6.31. The molecule has 1 N–H and O–H groups in total. The van der Waals surface area contributed by atoms with Crippen LogP contribution in [0.4, 0.5) is 5.69 Å². The highest BCUT2D eigenvalue weighted by atomic mass is 35.5. The summed E-state index contributed by atoms with van der Waals surface area (Å²) in [5.74, 6) is 1.36. The molecule has 0 bridgehead atoms. The number of ether oxygens (including phenoxy) is 2. The second kappa shape index (κ2) is 9.90. The lowest BCUT2D eigenvalue weighted by molar-refractivity contribution is -0.117. The van der Waals surface area contributed by atoms with Crippen LogP contribution in [0.25, 0.3) is 5.69 Å². The van der Waals surface area contributed by atoms with Gasteiger partial charge in [-0.2, -0.15) is 5.10 Å². The first-order valence-electron chi connectivity index (χ1n) is 8.95. The third-order valence-electron chi connectivity index (χ3n) is 4.11. The van der Waals surface area contributed by atoms with Crippen molar-refractivity contribution in [1.29, 1.82) is 0 Å². The van der Waals surface area contributed by atoms with E-state index in [2.05, 4.69) is 15.4 Å². The summed E-state index contributed by atoms with van der Waals surface area (Å²) >= 11 is 6.08. The number of hydrogen-bond donors (Lipinski definition) is 1. The molecule has 0 spiro atoms. The molecule has 0 saturated heterocycles. The van der Waals surface area contributed by atoms with Crippen molar-refractivity contribution in [3.05, 3.63) is 60.1 Å². The maximum Gasteiger partial charge on any atom is 0.238 e. The number of carbonyl (C=O) groups is 1. The SMILES string of the molecule is COc1ccc(OCCN(C)CC(=O)Nc2cc(Cl)ccc2-n2cncn2)cc1. The molecule has 152 valence electrons. The average molecular weight is 416 g/mol. The topological polar surface area (TPSA) is 81.5 Å². The van der Waals surface area contributed by atoms with Crippen molar-refractivity contribution in [2.75, 3.05) is 39.2 Å². The first-order chi connectivity index (χ1) is 14.0. The Morgan fingerprint density at radius 1 is 1.21 bits per heavy atom. The molecular weight excluding hydrogens is 394 g/mol. The lowest BCUT2D eigenvalue weighted by Gasteiger charge is -2.17. The van der Waals surface area contributed by atoms with E-state index in [1.54, 1.807) is 36.3 Å². The molecule has 0 radical (unpaired) electrons. The van der Waals surface area contributed by atoms with Crippen molar-refractivity contribution in [3.8, 4) is 17.2 Å². The molecule has 9 heteroatoms. The Hall–Kier alpha value is -3.10. The molecule has 0 saturated carbocycles. The lowest BCUT2D eigenvalue weighted by atomic mass is 10.2. The Morgan fingerprint density at radius 2 is 1.97 bits per heavy atom. The number of methoxy groups -OCH3 is 1. The van der Waals surface area contributed by atoms with E-state index < -0.39 is 0 Å². The summed E-state index contributed by atoms with van der Waals surface area (Å²) in [6, 6.07) is 12.6. The second-order valence-corrected chi connectivity index (χ2v) is 6.75. The summed E-state index contributed by atoms with van der Waals surface area (Å²) in [7, 11) is 3.47. The molecule has 1 amide bonds. The first kappa shape index (κ1) is 20.6. The Morgan fingerprint density at radius 3 is 2.66 bits per heavy atom. The molecule has 0 atom stereocenters. The van der Waals surface area contributed by atoms with Crippen LogP contribution in [0.1, 0.15) is 0 Å². The number of halogens is 1. The van der Waals surface area contributed by atoms with E-state index in [-0.39, 0.29) is 12.5 Å². The Balaban J connectivity index is 1.50. The summed E-state index contributed by atoms with van der Waals surface area (Å²) in [4.78, 5) is 18.3. The molecule has 0 aliphatic heterocycles. The number of nitrogens with one attached hydrogen (secondary N) is 1. The summed E-state index contributed by atoms with van der Waals surface area (Å²) in [5.41, 5.74) is 1.25. The highest BCUT2D eigenvalue weighted by Gasteiger charge is 2.12. The molecule has 8 nitrogen and oxygen atoms in total. The number of aromatic nitrogens is 3. The van der Waals surface area contributed by atoms with Gasteiger partial charge in [-0.3, -0.25) is 9.69 Å². The van der Waals surface area contributed by atoms with E-state index in [4.69, 9.17) is 21.1 Å². The minimum Gasteiger partial charge on any atom is -0.497 e. The number of benzene rings is 2. The van der Waals surface area contributed by atoms with Gasteiger partial charge in [0.05, 0.1) is 25.0 Å². The molecular formula is C20H22ClN5O3. The summed E-state index contributed by atoms with van der Waals surface area (Å²) < 4.78 is 12.4. The van der Waals surface area contributed by atoms with Gasteiger partial charge in [0, 0.05) is 11.6 Å². The molecule has 29 heavy (non-hydrogen) atoms. The Kier molecular flexibility index (Phi) is 7.04. The van der Waals surface area contributed by atoms with E-state index in [0.717, 1.165) is 11.5 Å². The molecule has 3 aromatic rings. The van der Waals surface area contributed by atoms with Crippen molar-refractivity contribution < 1.29 is 14.3 Å². The largest absolute Gasteiger partial charge is 0.497 e. The normalized spacial score (nSPS) is 10.8. The summed E-state index contributed by atoms with van der Waals surface area (Å²) in [6.07, 6.45) is 2.98. The standard InChI is InChI=1S/C20H22ClN5O3/c1-25(9-10-29-17-6-4-16(28-2)5-7-17)12-20(27)24-18-11-15(21)3-8-19(18)26-14-22-13-23-26/h3-8,11,13-14H,9-10,12H2,1-2H3,(H,24,27). The molecule has 0 aliphatic carbocycles. The van der Waals surface area contributed by atoms with Crippen LogP contribution >= 0.6 is 11.6 Å². The minimum absolute atomic E-state index is 0.166. The molecule has 3 rings (SSSR count). The van der Waals surface area contributed by atoms with Crippen LogP contribution in [0.15, 0.2) is 55.1 Å². The number of anilines is 1. The lowest BCUT2D eigenvalue weighted by Crippen LogP contribution is -2.33. The van der Waals surface area contributed by atoms with Gasteiger partial charge in [-0.25, -0.2) is 9.67 Å². The third kappa shape index (κ3) is 5.94. The molecule has 2 aromatic carbocycles. The number of hydrogen-bond acceptors (Lipinski definition) is 6. The van der Waals surface area contributed by atoms with Crippen molar-refractivity contribution in [3.63, 3.8) is 0 Å². The van der Waals surface area contributed by atoms with Crippen LogP contribution < -0.4 is 14.8 Å². The molecule has 1 heterocycles. The number of nitrogens with zero attached hydrogens (tertiary/aromatic N) is 4. The fourth-order valence-corrected chi connectivity index (χ4v) is 2.82. The smallest absolute Gasteiger partial charge is 0.238 e. The van der Waals surface area contributed by atoms with E-state index in [9.17, 15) is 4.79 Å². The number of amides is 1. The molecule has 0 unspecified atom stereocenters. The predicted molar refractivity (Wildman–Crippen MR) is 111 cm³/mol. The number of rotatable bonds is 9. The third-order valence-corrected chi connectivity index (χ3v) is 4.35. The highest BCUT2D eigenvalue weighted by molar-refractivity contribution is 6.31. The van der Waals surface area contributed by atoms with Gasteiger partial charge in [-0.1, -0.05) is 11.6 Å². The van der Waals surface area contributed by atoms with Crippen molar-refractivity contribution >= 4 is 23.2 Å². The summed E-state index contributed by atoms with van der Waals surface area (Å²) in [6.45, 7) is 1.25. The van der Waals surface area contributed by atoms with Crippen molar-refractivity contribution in [2.24, 2.45) is 0 Å². The van der Waals surface area contributed by atoms with Gasteiger partial charge in [-0.05, 0) is 49.5 Å². The van der Waals surface area contributed by atoms with Crippen LogP contribution in [0.5, 0.6) is 11.5 Å². The van der Waals surface area contributed by atoms with Gasteiger partial charge in [-0.15, -0.1) is 0 Å². The zero-order valence-electron chi connectivity index (χ0n) is 16.2. The van der Waals surface area contributed by atoms with E-state index >= 15 is 0 Å². The van der Waals surface area contributed by atoms with E-state index in [1.165, 1.54) is 6.33 Å². The maximum atomic E-state index is 12.5. The first-order valence-corrected chi connectivity index (χ1v) is 9.33. The van der Waals surface area contributed by atoms with Gasteiger partial charge >= 0.3 is 0 Å². The van der Waals surface area contributed by atoms with Gasteiger partial charge in [0.1, 0.15) is 30.8 Å². The fourth-order valence-electron chi connectivity index (χ4n) is 2.65. The van der Waals surface area contributed by atoms with Gasteiger partial charge in [0.15, 0.2) is 0 Å². The Labute approximate surface area is 174 Å². The Bertz CT molecular complexity index is 932. The fraction of sp³-hybridized carbons (Fsp3) is 0.250. The van der Waals surface area contributed by atoms with Crippen molar-refractivity contribution in [2.45, 2.75) is 0 Å². The van der Waals surface area contributed by atoms with Crippen LogP contribution in [-0.4, -0.2) is 59.4 Å². The van der Waals surface area contributed by atoms with Gasteiger partial charge < -0.3 is 14.8 Å². The number of carbonyl (C=O) groups excluding carboxylic acids is 1. The maximum absolute atomic E-state index is 12.5. The predicted octanol–water partition coefficient (Wildman–Crippen LogP) is 2.88.